The normalized spacial score (nSPS) is 14.2. The lowest BCUT2D eigenvalue weighted by atomic mass is 9.87. The van der Waals surface area contributed by atoms with E-state index in [1.807, 2.05) is 36.4 Å². The fourth-order valence-electron chi connectivity index (χ4n) is 5.37. The summed E-state index contributed by atoms with van der Waals surface area (Å²) in [6, 6.07) is 26.9. The lowest BCUT2D eigenvalue weighted by Crippen LogP contribution is -2.45. The maximum atomic E-state index is 13.6. The molecule has 4 aromatic rings. The molecule has 5 rings (SSSR count). The fourth-order valence-corrected chi connectivity index (χ4v) is 5.71. The molecule has 0 aliphatic carbocycles. The summed E-state index contributed by atoms with van der Waals surface area (Å²) in [4.78, 5) is 18.4. The summed E-state index contributed by atoms with van der Waals surface area (Å²) in [5.41, 5.74) is 7.24. The second kappa shape index (κ2) is 12.4. The van der Waals surface area contributed by atoms with Crippen LogP contribution < -0.4 is 10.2 Å². The SMILES string of the molecule is CC(C)c1ccc(-c2c(C(=O)Nc3ccc(N4CCN(Cc5ccc(Br)o5)CC4)cc3)cccc2C(C)C)cc1. The number of amides is 1. The molecule has 1 saturated heterocycles. The summed E-state index contributed by atoms with van der Waals surface area (Å²) in [6.07, 6.45) is 0. The van der Waals surface area contributed by atoms with Gasteiger partial charge in [-0.2, -0.15) is 0 Å². The van der Waals surface area contributed by atoms with Gasteiger partial charge in [0, 0.05) is 43.1 Å². The van der Waals surface area contributed by atoms with Gasteiger partial charge < -0.3 is 14.6 Å². The van der Waals surface area contributed by atoms with Gasteiger partial charge in [-0.25, -0.2) is 0 Å². The molecule has 0 bridgehead atoms. The van der Waals surface area contributed by atoms with Gasteiger partial charge in [-0.1, -0.05) is 64.1 Å². The number of halogens is 1. The van der Waals surface area contributed by atoms with Crippen molar-refractivity contribution in [1.29, 1.82) is 0 Å². The molecular formula is C34H38BrN3O2. The zero-order valence-electron chi connectivity index (χ0n) is 23.8. The summed E-state index contributed by atoms with van der Waals surface area (Å²) in [5.74, 6) is 1.66. The van der Waals surface area contributed by atoms with Crippen LogP contribution in [-0.4, -0.2) is 37.0 Å². The molecule has 1 aliphatic heterocycles. The van der Waals surface area contributed by atoms with E-state index in [-0.39, 0.29) is 5.91 Å². The maximum Gasteiger partial charge on any atom is 0.256 e. The summed E-state index contributed by atoms with van der Waals surface area (Å²) < 4.78 is 6.44. The van der Waals surface area contributed by atoms with Gasteiger partial charge in [0.05, 0.1) is 6.54 Å². The lowest BCUT2D eigenvalue weighted by Gasteiger charge is -2.35. The molecule has 6 heteroatoms. The van der Waals surface area contributed by atoms with E-state index in [0.29, 0.717) is 17.4 Å². The van der Waals surface area contributed by atoms with Crippen LogP contribution in [0.5, 0.6) is 0 Å². The Morgan fingerprint density at radius 2 is 1.55 bits per heavy atom. The van der Waals surface area contributed by atoms with Crippen molar-refractivity contribution in [2.24, 2.45) is 0 Å². The van der Waals surface area contributed by atoms with Crippen molar-refractivity contribution in [3.63, 3.8) is 0 Å². The van der Waals surface area contributed by atoms with E-state index in [1.165, 1.54) is 16.8 Å². The average molecular weight is 601 g/mol. The molecule has 0 radical (unpaired) electrons. The molecule has 0 spiro atoms. The Bertz CT molecular complexity index is 1430. The molecule has 5 nitrogen and oxygen atoms in total. The highest BCUT2D eigenvalue weighted by molar-refractivity contribution is 9.10. The van der Waals surface area contributed by atoms with E-state index in [4.69, 9.17) is 4.42 Å². The van der Waals surface area contributed by atoms with Gasteiger partial charge in [0.15, 0.2) is 4.67 Å². The summed E-state index contributed by atoms with van der Waals surface area (Å²) in [6.45, 7) is 13.4. The Kier molecular flexibility index (Phi) is 8.77. The van der Waals surface area contributed by atoms with Crippen LogP contribution in [0.1, 0.15) is 66.8 Å². The molecule has 1 amide bonds. The van der Waals surface area contributed by atoms with Crippen molar-refractivity contribution in [3.8, 4) is 11.1 Å². The van der Waals surface area contributed by atoms with Crippen LogP contribution in [0.25, 0.3) is 11.1 Å². The minimum absolute atomic E-state index is 0.0867. The van der Waals surface area contributed by atoms with E-state index in [9.17, 15) is 4.79 Å². The number of furan rings is 1. The minimum atomic E-state index is -0.0867. The molecule has 0 saturated carbocycles. The number of benzene rings is 3. The van der Waals surface area contributed by atoms with Gasteiger partial charge in [0.1, 0.15) is 5.76 Å². The monoisotopic (exact) mass is 599 g/mol. The number of hydrogen-bond donors (Lipinski definition) is 1. The highest BCUT2D eigenvalue weighted by Gasteiger charge is 2.20. The summed E-state index contributed by atoms with van der Waals surface area (Å²) in [5, 5.41) is 3.15. The summed E-state index contributed by atoms with van der Waals surface area (Å²) in [7, 11) is 0. The van der Waals surface area contributed by atoms with Gasteiger partial charge in [-0.3, -0.25) is 9.69 Å². The molecule has 1 aliphatic rings. The predicted octanol–water partition coefficient (Wildman–Crippen LogP) is 8.53. The quantitative estimate of drug-likeness (QED) is 0.220. The maximum absolute atomic E-state index is 13.6. The smallest absolute Gasteiger partial charge is 0.256 e. The highest BCUT2D eigenvalue weighted by atomic mass is 79.9. The van der Waals surface area contributed by atoms with Gasteiger partial charge in [0.2, 0.25) is 0 Å². The molecule has 2 heterocycles. The zero-order chi connectivity index (χ0) is 28.2. The summed E-state index contributed by atoms with van der Waals surface area (Å²) >= 11 is 3.38. The molecule has 0 unspecified atom stereocenters. The fraction of sp³-hybridized carbons (Fsp3) is 0.324. The first-order valence-corrected chi connectivity index (χ1v) is 14.9. The predicted molar refractivity (Wildman–Crippen MR) is 168 cm³/mol. The van der Waals surface area contributed by atoms with Crippen molar-refractivity contribution in [2.45, 2.75) is 46.1 Å². The van der Waals surface area contributed by atoms with Gasteiger partial charge in [0.25, 0.3) is 5.91 Å². The number of hydrogen-bond acceptors (Lipinski definition) is 4. The lowest BCUT2D eigenvalue weighted by molar-refractivity contribution is 0.102. The van der Waals surface area contributed by atoms with Crippen LogP contribution in [-0.2, 0) is 6.54 Å². The molecule has 1 fully saturated rings. The Labute approximate surface area is 246 Å². The van der Waals surface area contributed by atoms with Gasteiger partial charge >= 0.3 is 0 Å². The molecule has 40 heavy (non-hydrogen) atoms. The third-order valence-corrected chi connectivity index (χ3v) is 8.13. The second-order valence-corrected chi connectivity index (χ2v) is 12.0. The van der Waals surface area contributed by atoms with Crippen LogP contribution in [0.2, 0.25) is 0 Å². The average Bonchev–Trinajstić information content (AvgIpc) is 3.37. The van der Waals surface area contributed by atoms with Crippen molar-refractivity contribution in [2.75, 3.05) is 36.4 Å². The molecule has 0 atom stereocenters. The minimum Gasteiger partial charge on any atom is -0.453 e. The van der Waals surface area contributed by atoms with E-state index in [1.54, 1.807) is 0 Å². The van der Waals surface area contributed by atoms with Crippen LogP contribution >= 0.6 is 15.9 Å². The number of carbonyl (C=O) groups is 1. The topological polar surface area (TPSA) is 48.7 Å². The highest BCUT2D eigenvalue weighted by Crippen LogP contribution is 2.34. The second-order valence-electron chi connectivity index (χ2n) is 11.2. The number of nitrogens with one attached hydrogen (secondary N) is 1. The third kappa shape index (κ3) is 6.51. The zero-order valence-corrected chi connectivity index (χ0v) is 25.4. The van der Waals surface area contributed by atoms with Crippen LogP contribution in [0.4, 0.5) is 11.4 Å². The van der Waals surface area contributed by atoms with E-state index >= 15 is 0 Å². The van der Waals surface area contributed by atoms with Gasteiger partial charge in [-0.15, -0.1) is 0 Å². The standard InChI is InChI=1S/C34H38BrN3O2/c1-23(2)25-8-10-26(11-9-25)33-30(24(3)4)6-5-7-31(33)34(39)36-27-12-14-28(15-13-27)38-20-18-37(19-21-38)22-29-16-17-32(35)40-29/h5-17,23-24H,18-22H2,1-4H3,(H,36,39). The largest absolute Gasteiger partial charge is 0.453 e. The number of rotatable bonds is 8. The van der Waals surface area contributed by atoms with Gasteiger partial charge in [-0.05, 0) is 92.5 Å². The third-order valence-electron chi connectivity index (χ3n) is 7.70. The molecule has 208 valence electrons. The Balaban J connectivity index is 1.27. The first-order valence-electron chi connectivity index (χ1n) is 14.1. The first kappa shape index (κ1) is 28.2. The van der Waals surface area contributed by atoms with E-state index in [2.05, 4.69) is 101 Å². The van der Waals surface area contributed by atoms with Crippen molar-refractivity contribution < 1.29 is 9.21 Å². The van der Waals surface area contributed by atoms with Crippen LogP contribution in [0.15, 0.2) is 87.9 Å². The molecule has 1 aromatic heterocycles. The number of nitrogens with zero attached hydrogens (tertiary/aromatic N) is 2. The first-order chi connectivity index (χ1) is 19.3. The van der Waals surface area contributed by atoms with Crippen molar-refractivity contribution in [1.82, 2.24) is 4.90 Å². The molecule has 1 N–H and O–H groups in total. The Morgan fingerprint density at radius 3 is 2.15 bits per heavy atom. The molecular weight excluding hydrogens is 562 g/mol. The Hall–Kier alpha value is -3.35. The number of anilines is 2. The Morgan fingerprint density at radius 1 is 0.850 bits per heavy atom. The number of carbonyl (C=O) groups excluding carboxylic acids is 1. The van der Waals surface area contributed by atoms with Crippen molar-refractivity contribution in [3.05, 3.63) is 106 Å². The van der Waals surface area contributed by atoms with Crippen LogP contribution in [0.3, 0.4) is 0 Å². The van der Waals surface area contributed by atoms with Crippen molar-refractivity contribution >= 4 is 33.2 Å². The number of piperazine rings is 1. The van der Waals surface area contributed by atoms with E-state index < -0.39 is 0 Å². The van der Waals surface area contributed by atoms with E-state index in [0.717, 1.165) is 60.0 Å². The van der Waals surface area contributed by atoms with Crippen LogP contribution in [0, 0.1) is 0 Å². The molecule has 3 aromatic carbocycles.